The Morgan fingerprint density at radius 3 is 2.44 bits per heavy atom. The van der Waals surface area contributed by atoms with Crippen LogP contribution in [0.3, 0.4) is 0 Å². The summed E-state index contributed by atoms with van der Waals surface area (Å²) in [5.41, 5.74) is -1.19. The van der Waals surface area contributed by atoms with E-state index < -0.39 is 11.6 Å². The summed E-state index contributed by atoms with van der Waals surface area (Å²) in [6.07, 6.45) is 0. The third kappa shape index (κ3) is 3.27. The number of carboxylic acid groups (broad SMARTS) is 1. The van der Waals surface area contributed by atoms with Gasteiger partial charge in [-0.05, 0) is 19.1 Å². The summed E-state index contributed by atoms with van der Waals surface area (Å²) in [7, 11) is 3.04. The highest BCUT2D eigenvalue weighted by molar-refractivity contribution is 5.77. The number of anilines is 1. The van der Waals surface area contributed by atoms with Gasteiger partial charge >= 0.3 is 5.97 Å². The van der Waals surface area contributed by atoms with Crippen LogP contribution in [0.2, 0.25) is 0 Å². The predicted molar refractivity (Wildman–Crippen MR) is 66.3 cm³/mol. The lowest BCUT2D eigenvalue weighted by molar-refractivity contribution is -0.155. The van der Waals surface area contributed by atoms with E-state index in [-0.39, 0.29) is 6.54 Å². The minimum absolute atomic E-state index is 0.113. The molecule has 0 saturated carbocycles. The number of aliphatic carboxylic acids is 1. The Hall–Kier alpha value is -1.95. The SMILES string of the molecule is COc1ccc(NCC(C)(O)C(=O)O)cc1OC. The van der Waals surface area contributed by atoms with Crippen molar-refractivity contribution in [1.29, 1.82) is 0 Å². The first-order valence-corrected chi connectivity index (χ1v) is 5.32. The first-order chi connectivity index (χ1) is 8.40. The highest BCUT2D eigenvalue weighted by atomic mass is 16.5. The maximum Gasteiger partial charge on any atom is 0.337 e. The lowest BCUT2D eigenvalue weighted by Crippen LogP contribution is -2.41. The molecule has 1 unspecified atom stereocenters. The Morgan fingerprint density at radius 1 is 1.33 bits per heavy atom. The van der Waals surface area contributed by atoms with Gasteiger partial charge in [0.05, 0.1) is 20.8 Å². The number of aliphatic hydroxyl groups is 1. The van der Waals surface area contributed by atoms with Gasteiger partial charge in [0.25, 0.3) is 0 Å². The molecule has 18 heavy (non-hydrogen) atoms. The molecule has 0 bridgehead atoms. The first kappa shape index (κ1) is 14.1. The number of hydrogen-bond acceptors (Lipinski definition) is 5. The molecule has 6 heteroatoms. The number of nitrogens with one attached hydrogen (secondary N) is 1. The summed E-state index contributed by atoms with van der Waals surface area (Å²) in [6.45, 7) is 1.11. The quantitative estimate of drug-likeness (QED) is 0.701. The highest BCUT2D eigenvalue weighted by Gasteiger charge is 2.29. The summed E-state index contributed by atoms with van der Waals surface area (Å²) >= 11 is 0. The topological polar surface area (TPSA) is 88.0 Å². The van der Waals surface area contributed by atoms with Crippen LogP contribution in [0.25, 0.3) is 0 Å². The Balaban J connectivity index is 2.77. The second-order valence-electron chi connectivity index (χ2n) is 4.00. The predicted octanol–water partition coefficient (Wildman–Crippen LogP) is 0.951. The second kappa shape index (κ2) is 5.59. The summed E-state index contributed by atoms with van der Waals surface area (Å²) in [5.74, 6) is -0.180. The number of hydrogen-bond donors (Lipinski definition) is 3. The van der Waals surface area contributed by atoms with Crippen molar-refractivity contribution in [2.24, 2.45) is 0 Å². The Labute approximate surface area is 105 Å². The molecule has 0 aliphatic rings. The number of methoxy groups -OCH3 is 2. The van der Waals surface area contributed by atoms with Gasteiger partial charge in [-0.1, -0.05) is 0 Å². The largest absolute Gasteiger partial charge is 0.493 e. The minimum Gasteiger partial charge on any atom is -0.493 e. The molecule has 0 amide bonds. The van der Waals surface area contributed by atoms with E-state index in [0.717, 1.165) is 0 Å². The zero-order chi connectivity index (χ0) is 13.8. The summed E-state index contributed by atoms with van der Waals surface area (Å²) in [4.78, 5) is 10.7. The number of rotatable bonds is 6. The van der Waals surface area contributed by atoms with Crippen molar-refractivity contribution in [3.63, 3.8) is 0 Å². The van der Waals surface area contributed by atoms with Crippen LogP contribution in [-0.4, -0.2) is 42.5 Å². The Kier molecular flexibility index (Phi) is 4.38. The van der Waals surface area contributed by atoms with Crippen molar-refractivity contribution in [2.75, 3.05) is 26.1 Å². The minimum atomic E-state index is -1.83. The first-order valence-electron chi connectivity index (χ1n) is 5.32. The van der Waals surface area contributed by atoms with Crippen molar-refractivity contribution in [3.8, 4) is 11.5 Å². The molecule has 1 aromatic carbocycles. The average Bonchev–Trinajstić information content (AvgIpc) is 2.35. The molecule has 0 aliphatic heterocycles. The van der Waals surface area contributed by atoms with E-state index in [2.05, 4.69) is 5.32 Å². The van der Waals surface area contributed by atoms with Crippen molar-refractivity contribution in [3.05, 3.63) is 18.2 Å². The van der Waals surface area contributed by atoms with E-state index >= 15 is 0 Å². The monoisotopic (exact) mass is 255 g/mol. The highest BCUT2D eigenvalue weighted by Crippen LogP contribution is 2.29. The summed E-state index contributed by atoms with van der Waals surface area (Å²) in [6, 6.07) is 5.06. The maximum atomic E-state index is 10.7. The Morgan fingerprint density at radius 2 is 1.94 bits per heavy atom. The van der Waals surface area contributed by atoms with E-state index in [4.69, 9.17) is 14.6 Å². The molecule has 3 N–H and O–H groups in total. The van der Waals surface area contributed by atoms with Gasteiger partial charge in [-0.2, -0.15) is 0 Å². The van der Waals surface area contributed by atoms with Gasteiger partial charge in [-0.25, -0.2) is 4.79 Å². The normalized spacial score (nSPS) is 13.6. The van der Waals surface area contributed by atoms with Crippen LogP contribution in [0, 0.1) is 0 Å². The molecule has 100 valence electrons. The van der Waals surface area contributed by atoms with Crippen LogP contribution in [-0.2, 0) is 4.79 Å². The fraction of sp³-hybridized carbons (Fsp3) is 0.417. The van der Waals surface area contributed by atoms with Crippen LogP contribution in [0.15, 0.2) is 18.2 Å². The third-order valence-electron chi connectivity index (χ3n) is 2.48. The molecule has 1 aromatic rings. The third-order valence-corrected chi connectivity index (χ3v) is 2.48. The molecule has 0 aliphatic carbocycles. The molecule has 0 spiro atoms. The maximum absolute atomic E-state index is 10.7. The average molecular weight is 255 g/mol. The zero-order valence-corrected chi connectivity index (χ0v) is 10.6. The van der Waals surface area contributed by atoms with Gasteiger partial charge in [0.2, 0.25) is 0 Å². The molecule has 0 saturated heterocycles. The van der Waals surface area contributed by atoms with Gasteiger partial charge in [0.15, 0.2) is 17.1 Å². The fourth-order valence-corrected chi connectivity index (χ4v) is 1.30. The van der Waals surface area contributed by atoms with E-state index in [1.807, 2.05) is 0 Å². The molecule has 1 rings (SSSR count). The standard InChI is InChI=1S/C12H17NO5/c1-12(16,11(14)15)7-13-8-4-5-9(17-2)10(6-8)18-3/h4-6,13,16H,7H2,1-3H3,(H,14,15). The van der Waals surface area contributed by atoms with Crippen molar-refractivity contribution < 1.29 is 24.5 Å². The number of benzene rings is 1. The molecular weight excluding hydrogens is 238 g/mol. The molecule has 0 heterocycles. The van der Waals surface area contributed by atoms with Crippen molar-refractivity contribution in [2.45, 2.75) is 12.5 Å². The van der Waals surface area contributed by atoms with Crippen molar-refractivity contribution >= 4 is 11.7 Å². The van der Waals surface area contributed by atoms with Crippen LogP contribution >= 0.6 is 0 Å². The summed E-state index contributed by atoms with van der Waals surface area (Å²) < 4.78 is 10.2. The van der Waals surface area contributed by atoms with Gasteiger partial charge in [0, 0.05) is 11.8 Å². The molecular formula is C12H17NO5. The smallest absolute Gasteiger partial charge is 0.337 e. The number of carbonyl (C=O) groups is 1. The lowest BCUT2D eigenvalue weighted by atomic mass is 10.1. The fourth-order valence-electron chi connectivity index (χ4n) is 1.30. The van der Waals surface area contributed by atoms with Crippen LogP contribution in [0.5, 0.6) is 11.5 Å². The number of carboxylic acids is 1. The molecule has 0 fully saturated rings. The molecule has 1 atom stereocenters. The van der Waals surface area contributed by atoms with Gasteiger partial charge in [-0.3, -0.25) is 0 Å². The Bertz CT molecular complexity index is 430. The van der Waals surface area contributed by atoms with Gasteiger partial charge < -0.3 is 25.0 Å². The van der Waals surface area contributed by atoms with Gasteiger partial charge in [-0.15, -0.1) is 0 Å². The van der Waals surface area contributed by atoms with E-state index in [0.29, 0.717) is 17.2 Å². The van der Waals surface area contributed by atoms with E-state index in [1.165, 1.54) is 21.1 Å². The van der Waals surface area contributed by atoms with Crippen LogP contribution in [0.4, 0.5) is 5.69 Å². The lowest BCUT2D eigenvalue weighted by Gasteiger charge is -2.19. The number of ether oxygens (including phenoxy) is 2. The molecule has 6 nitrogen and oxygen atoms in total. The van der Waals surface area contributed by atoms with E-state index in [9.17, 15) is 9.90 Å². The zero-order valence-electron chi connectivity index (χ0n) is 10.6. The molecule has 0 aromatic heterocycles. The van der Waals surface area contributed by atoms with Gasteiger partial charge in [0.1, 0.15) is 0 Å². The second-order valence-corrected chi connectivity index (χ2v) is 4.00. The van der Waals surface area contributed by atoms with Crippen LogP contribution in [0.1, 0.15) is 6.92 Å². The van der Waals surface area contributed by atoms with Crippen LogP contribution < -0.4 is 14.8 Å². The molecule has 0 radical (unpaired) electrons. The van der Waals surface area contributed by atoms with E-state index in [1.54, 1.807) is 18.2 Å². The van der Waals surface area contributed by atoms with Crippen molar-refractivity contribution in [1.82, 2.24) is 0 Å². The summed E-state index contributed by atoms with van der Waals surface area (Å²) in [5, 5.41) is 21.2.